The number of rotatable bonds is 7. The lowest BCUT2D eigenvalue weighted by Crippen LogP contribution is -2.39. The van der Waals surface area contributed by atoms with Gasteiger partial charge in [0.15, 0.2) is 0 Å². The van der Waals surface area contributed by atoms with Crippen molar-refractivity contribution in [1.29, 1.82) is 0 Å². The van der Waals surface area contributed by atoms with Crippen molar-refractivity contribution in [2.24, 2.45) is 0 Å². The van der Waals surface area contributed by atoms with E-state index in [1.165, 1.54) is 0 Å². The number of hydrogen-bond donors (Lipinski definition) is 0. The number of methoxy groups -OCH3 is 2. The quantitative estimate of drug-likeness (QED) is 0.724. The highest BCUT2D eigenvalue weighted by molar-refractivity contribution is 5.78. The Labute approximate surface area is 167 Å². The topological polar surface area (TPSA) is 42.0 Å². The van der Waals surface area contributed by atoms with Crippen molar-refractivity contribution in [2.45, 2.75) is 31.8 Å². The summed E-state index contributed by atoms with van der Waals surface area (Å²) < 4.78 is 11.0. The Hall–Kier alpha value is -2.53. The van der Waals surface area contributed by atoms with Gasteiger partial charge in [0.2, 0.25) is 5.91 Å². The smallest absolute Gasteiger partial charge is 0.237 e. The lowest BCUT2D eigenvalue weighted by atomic mass is 10.0. The van der Waals surface area contributed by atoms with Crippen LogP contribution in [0.1, 0.15) is 43.0 Å². The van der Waals surface area contributed by atoms with Gasteiger partial charge in [-0.15, -0.1) is 0 Å². The molecule has 0 bridgehead atoms. The minimum absolute atomic E-state index is 0.0427. The van der Waals surface area contributed by atoms with Crippen LogP contribution in [0.2, 0.25) is 0 Å². The van der Waals surface area contributed by atoms with Crippen molar-refractivity contribution >= 4 is 5.91 Å². The zero-order valence-electron chi connectivity index (χ0n) is 17.2. The Bertz CT molecular complexity index is 794. The maximum absolute atomic E-state index is 13.0. The fourth-order valence-corrected chi connectivity index (χ4v) is 3.92. The van der Waals surface area contributed by atoms with Gasteiger partial charge in [-0.25, -0.2) is 0 Å². The van der Waals surface area contributed by atoms with E-state index in [9.17, 15) is 4.79 Å². The first-order chi connectivity index (χ1) is 13.5. The molecule has 0 unspecified atom stereocenters. The van der Waals surface area contributed by atoms with E-state index in [4.69, 9.17) is 9.47 Å². The van der Waals surface area contributed by atoms with Crippen LogP contribution in [0.3, 0.4) is 0 Å². The first kappa shape index (κ1) is 20.2. The van der Waals surface area contributed by atoms with Gasteiger partial charge < -0.3 is 14.4 Å². The molecule has 5 heteroatoms. The fourth-order valence-electron chi connectivity index (χ4n) is 3.92. The van der Waals surface area contributed by atoms with Crippen LogP contribution in [0.4, 0.5) is 0 Å². The summed E-state index contributed by atoms with van der Waals surface area (Å²) in [5, 5.41) is 0. The van der Waals surface area contributed by atoms with E-state index in [1.54, 1.807) is 14.2 Å². The average Bonchev–Trinajstić information content (AvgIpc) is 3.20. The van der Waals surface area contributed by atoms with Crippen LogP contribution in [0, 0.1) is 0 Å². The molecule has 28 heavy (non-hydrogen) atoms. The van der Waals surface area contributed by atoms with E-state index in [-0.39, 0.29) is 18.0 Å². The van der Waals surface area contributed by atoms with E-state index in [0.29, 0.717) is 6.54 Å². The average molecular weight is 383 g/mol. The lowest BCUT2D eigenvalue weighted by Gasteiger charge is -2.30. The van der Waals surface area contributed by atoms with E-state index in [2.05, 4.69) is 24.0 Å². The second-order valence-electron chi connectivity index (χ2n) is 7.33. The molecule has 1 aliphatic rings. The summed E-state index contributed by atoms with van der Waals surface area (Å²) in [5.41, 5.74) is 2.23. The third-order valence-corrected chi connectivity index (χ3v) is 5.75. The Balaban J connectivity index is 1.74. The molecule has 0 saturated carbocycles. The van der Waals surface area contributed by atoms with Crippen molar-refractivity contribution in [3.63, 3.8) is 0 Å². The number of benzene rings is 2. The molecule has 0 aliphatic carbocycles. The van der Waals surface area contributed by atoms with Crippen molar-refractivity contribution in [1.82, 2.24) is 9.80 Å². The zero-order valence-corrected chi connectivity index (χ0v) is 17.2. The largest absolute Gasteiger partial charge is 0.497 e. The summed E-state index contributed by atoms with van der Waals surface area (Å²) in [4.78, 5) is 17.1. The molecule has 1 amide bonds. The van der Waals surface area contributed by atoms with Gasteiger partial charge in [-0.05, 0) is 50.1 Å². The van der Waals surface area contributed by atoms with Crippen molar-refractivity contribution in [3.05, 3.63) is 59.7 Å². The first-order valence-electron chi connectivity index (χ1n) is 9.81. The molecule has 5 nitrogen and oxygen atoms in total. The van der Waals surface area contributed by atoms with E-state index < -0.39 is 0 Å². The third-order valence-electron chi connectivity index (χ3n) is 5.75. The van der Waals surface area contributed by atoms with Crippen LogP contribution in [-0.2, 0) is 4.79 Å². The van der Waals surface area contributed by atoms with Gasteiger partial charge >= 0.3 is 0 Å². The molecular weight excluding hydrogens is 352 g/mol. The Morgan fingerprint density at radius 1 is 1.18 bits per heavy atom. The molecule has 150 valence electrons. The molecule has 2 atom stereocenters. The molecular formula is C23H30N2O3. The van der Waals surface area contributed by atoms with Gasteiger partial charge in [0, 0.05) is 18.7 Å². The normalized spacial score (nSPS) is 17.9. The fraction of sp³-hybridized carbons (Fsp3) is 0.435. The number of likely N-dealkylation sites (N-methyl/N-ethyl adjacent to an activating group) is 1. The number of carbonyl (C=O) groups excluding carboxylic acids is 1. The first-order valence-corrected chi connectivity index (χ1v) is 9.81. The van der Waals surface area contributed by atoms with Gasteiger partial charge in [-0.1, -0.05) is 30.3 Å². The predicted octanol–water partition coefficient (Wildman–Crippen LogP) is 4.06. The molecule has 2 aromatic rings. The van der Waals surface area contributed by atoms with Gasteiger partial charge in [-0.2, -0.15) is 0 Å². The van der Waals surface area contributed by atoms with Crippen LogP contribution in [-0.4, -0.2) is 50.1 Å². The molecule has 0 aromatic heterocycles. The van der Waals surface area contributed by atoms with Crippen LogP contribution in [0.25, 0.3) is 0 Å². The van der Waals surface area contributed by atoms with Crippen LogP contribution in [0.5, 0.6) is 11.5 Å². The summed E-state index contributed by atoms with van der Waals surface area (Å²) in [6, 6.07) is 16.2. The van der Waals surface area contributed by atoms with Crippen molar-refractivity contribution in [2.75, 3.05) is 34.4 Å². The van der Waals surface area contributed by atoms with Gasteiger partial charge in [0.25, 0.3) is 0 Å². The summed E-state index contributed by atoms with van der Waals surface area (Å²) in [6.07, 6.45) is 2.07. The van der Waals surface area contributed by atoms with Crippen molar-refractivity contribution < 1.29 is 14.3 Å². The molecule has 1 fully saturated rings. The highest BCUT2D eigenvalue weighted by Crippen LogP contribution is 2.38. The van der Waals surface area contributed by atoms with E-state index in [0.717, 1.165) is 42.0 Å². The van der Waals surface area contributed by atoms with Gasteiger partial charge in [-0.3, -0.25) is 9.69 Å². The number of nitrogens with zero attached hydrogens (tertiary/aromatic N) is 2. The number of carbonyl (C=O) groups is 1. The van der Waals surface area contributed by atoms with E-state index in [1.807, 2.05) is 48.3 Å². The lowest BCUT2D eigenvalue weighted by molar-refractivity contribution is -0.133. The molecule has 3 rings (SSSR count). The molecule has 0 radical (unpaired) electrons. The highest BCUT2D eigenvalue weighted by atomic mass is 16.5. The van der Waals surface area contributed by atoms with Crippen LogP contribution in [0.15, 0.2) is 48.5 Å². The summed E-state index contributed by atoms with van der Waals surface area (Å²) in [6.45, 7) is 3.38. The standard InChI is InChI=1S/C23H30N2O3/c1-17(18-9-6-5-7-10-18)24(2)23(26)16-25-14-8-11-21(25)20-15-19(27-3)12-13-22(20)28-4/h5-7,9-10,12-13,15,17,21H,8,11,14,16H2,1-4H3/t17-,21-/m1/s1. The Morgan fingerprint density at radius 2 is 1.93 bits per heavy atom. The summed E-state index contributed by atoms with van der Waals surface area (Å²) >= 11 is 0. The summed E-state index contributed by atoms with van der Waals surface area (Å²) in [7, 11) is 5.24. The summed E-state index contributed by atoms with van der Waals surface area (Å²) in [5.74, 6) is 1.78. The second-order valence-corrected chi connectivity index (χ2v) is 7.33. The predicted molar refractivity (Wildman–Crippen MR) is 111 cm³/mol. The molecule has 2 aromatic carbocycles. The zero-order chi connectivity index (χ0) is 20.1. The molecule has 1 aliphatic heterocycles. The minimum atomic E-state index is 0.0427. The number of amides is 1. The van der Waals surface area contributed by atoms with Crippen molar-refractivity contribution in [3.8, 4) is 11.5 Å². The van der Waals surface area contributed by atoms with Gasteiger partial charge in [0.05, 0.1) is 26.8 Å². The Kier molecular flexibility index (Phi) is 6.57. The monoisotopic (exact) mass is 382 g/mol. The minimum Gasteiger partial charge on any atom is -0.497 e. The number of ether oxygens (including phenoxy) is 2. The number of hydrogen-bond acceptors (Lipinski definition) is 4. The molecule has 0 spiro atoms. The third kappa shape index (κ3) is 4.30. The van der Waals surface area contributed by atoms with Gasteiger partial charge in [0.1, 0.15) is 11.5 Å². The maximum Gasteiger partial charge on any atom is 0.237 e. The van der Waals surface area contributed by atoms with Crippen LogP contribution >= 0.6 is 0 Å². The Morgan fingerprint density at radius 3 is 2.61 bits per heavy atom. The molecule has 0 N–H and O–H groups in total. The highest BCUT2D eigenvalue weighted by Gasteiger charge is 2.31. The second kappa shape index (κ2) is 9.11. The SMILES string of the molecule is COc1ccc(OC)c([C@H]2CCCN2CC(=O)N(C)[C@H](C)c2ccccc2)c1. The molecule has 1 heterocycles. The maximum atomic E-state index is 13.0. The van der Waals surface area contributed by atoms with E-state index >= 15 is 0 Å². The molecule has 1 saturated heterocycles. The van der Waals surface area contributed by atoms with Crippen LogP contribution < -0.4 is 9.47 Å². The number of likely N-dealkylation sites (tertiary alicyclic amines) is 1.